The lowest BCUT2D eigenvalue weighted by molar-refractivity contribution is 0.648. The molecule has 2 heterocycles. The Kier molecular flexibility index (Phi) is 3.84. The number of aromatic nitrogens is 2. The van der Waals surface area contributed by atoms with Gasteiger partial charge in [0.2, 0.25) is 0 Å². The van der Waals surface area contributed by atoms with Crippen LogP contribution in [0.3, 0.4) is 0 Å². The zero-order valence-electron chi connectivity index (χ0n) is 21.6. The van der Waals surface area contributed by atoms with Crippen molar-refractivity contribution in [2.45, 2.75) is 38.5 Å². The Balaban J connectivity index is 1.49. The first kappa shape index (κ1) is 21.0. The van der Waals surface area contributed by atoms with Crippen LogP contribution in [-0.2, 0) is 10.8 Å². The normalized spacial score (nSPS) is 16.0. The molecule has 0 fully saturated rings. The van der Waals surface area contributed by atoms with Gasteiger partial charge in [-0.15, -0.1) is 0 Å². The summed E-state index contributed by atoms with van der Waals surface area (Å²) >= 11 is 0. The third-order valence-corrected chi connectivity index (χ3v) is 9.03. The maximum atomic E-state index is 4.74. The second-order valence-electron chi connectivity index (χ2n) is 11.7. The smallest absolute Gasteiger partial charge is 0.137 e. The molecule has 37 heavy (non-hydrogen) atoms. The molecule has 0 saturated heterocycles. The zero-order valence-corrected chi connectivity index (χ0v) is 21.6. The van der Waals surface area contributed by atoms with Gasteiger partial charge in [-0.3, -0.25) is 4.57 Å². The summed E-state index contributed by atoms with van der Waals surface area (Å²) in [4.78, 5) is 4.74. The zero-order chi connectivity index (χ0) is 25.1. The molecular weight excluding hydrogens is 448 g/mol. The van der Waals surface area contributed by atoms with Crippen LogP contribution in [0.4, 0.5) is 0 Å². The number of fused-ring (bicyclic) bond motifs is 10. The highest BCUT2D eigenvalue weighted by molar-refractivity contribution is 6.11. The fourth-order valence-corrected chi connectivity index (χ4v) is 7.29. The lowest BCUT2D eigenvalue weighted by atomic mass is 9.77. The minimum atomic E-state index is -0.105. The van der Waals surface area contributed by atoms with Gasteiger partial charge in [-0.05, 0) is 74.8 Å². The predicted molar refractivity (Wildman–Crippen MR) is 154 cm³/mol. The van der Waals surface area contributed by atoms with Crippen LogP contribution in [0.2, 0.25) is 0 Å². The van der Waals surface area contributed by atoms with Crippen molar-refractivity contribution < 1.29 is 0 Å². The van der Waals surface area contributed by atoms with Gasteiger partial charge in [0.1, 0.15) is 5.82 Å². The molecule has 0 bridgehead atoms. The summed E-state index contributed by atoms with van der Waals surface area (Å²) in [6, 6.07) is 33.5. The van der Waals surface area contributed by atoms with Crippen molar-refractivity contribution in [3.63, 3.8) is 0 Å². The highest BCUT2D eigenvalue weighted by atomic mass is 15.1. The van der Waals surface area contributed by atoms with Gasteiger partial charge < -0.3 is 0 Å². The molecule has 2 heteroatoms. The summed E-state index contributed by atoms with van der Waals surface area (Å²) in [5.41, 5.74) is 13.6. The van der Waals surface area contributed by atoms with Gasteiger partial charge >= 0.3 is 0 Å². The Hall–Kier alpha value is -4.17. The molecule has 0 unspecified atom stereocenters. The number of rotatable bonds is 1. The SMILES string of the molecule is CC1(C)c2ccccc2-c2c1ccc1c2C(C)(C)c2cc3c4ccccc4n(-c4ccccn4)c3cc2-1. The van der Waals surface area contributed by atoms with Gasteiger partial charge in [0.05, 0.1) is 11.0 Å². The highest BCUT2D eigenvalue weighted by Crippen LogP contribution is 2.59. The number of nitrogens with zero attached hydrogens (tertiary/aromatic N) is 2. The van der Waals surface area contributed by atoms with E-state index in [1.807, 2.05) is 12.3 Å². The van der Waals surface area contributed by atoms with Gasteiger partial charge in [0.25, 0.3) is 0 Å². The number of hydrogen-bond donors (Lipinski definition) is 0. The van der Waals surface area contributed by atoms with Gasteiger partial charge in [-0.1, -0.05) is 88.4 Å². The van der Waals surface area contributed by atoms with Crippen LogP contribution in [0.5, 0.6) is 0 Å². The number of pyridine rings is 1. The molecule has 6 aromatic rings. The Bertz CT molecular complexity index is 1920. The number of benzene rings is 4. The maximum Gasteiger partial charge on any atom is 0.137 e. The molecule has 0 saturated carbocycles. The van der Waals surface area contributed by atoms with Crippen LogP contribution >= 0.6 is 0 Å². The molecule has 4 aromatic carbocycles. The average Bonchev–Trinajstić information content (AvgIpc) is 3.45. The van der Waals surface area contributed by atoms with Crippen molar-refractivity contribution in [3.05, 3.63) is 119 Å². The summed E-state index contributed by atoms with van der Waals surface area (Å²) in [6.45, 7) is 9.57. The van der Waals surface area contributed by atoms with Crippen molar-refractivity contribution in [1.82, 2.24) is 9.55 Å². The Morgan fingerprint density at radius 3 is 2.19 bits per heavy atom. The quantitative estimate of drug-likeness (QED) is 0.232. The van der Waals surface area contributed by atoms with Crippen LogP contribution < -0.4 is 0 Å². The Morgan fingerprint density at radius 1 is 0.568 bits per heavy atom. The Morgan fingerprint density at radius 2 is 1.35 bits per heavy atom. The van der Waals surface area contributed by atoms with Crippen LogP contribution in [0.15, 0.2) is 97.2 Å². The standard InChI is InChI=1S/C35H28N2/c1-34(2)26-13-7-5-12-23(26)32-27(34)17-16-22-24-20-30-25(19-28(24)35(3,4)33(22)32)21-11-6-8-14-29(21)37(30)31-15-9-10-18-36-31/h5-20H,1-4H3. The van der Waals surface area contributed by atoms with E-state index in [2.05, 4.69) is 117 Å². The van der Waals surface area contributed by atoms with E-state index in [0.717, 1.165) is 5.82 Å². The molecule has 0 aliphatic heterocycles. The van der Waals surface area contributed by atoms with Gasteiger partial charge in [-0.25, -0.2) is 4.98 Å². The molecule has 0 radical (unpaired) electrons. The third-order valence-electron chi connectivity index (χ3n) is 9.03. The lowest BCUT2D eigenvalue weighted by Gasteiger charge is -2.26. The maximum absolute atomic E-state index is 4.74. The van der Waals surface area contributed by atoms with Gasteiger partial charge in [-0.2, -0.15) is 0 Å². The fourth-order valence-electron chi connectivity index (χ4n) is 7.29. The van der Waals surface area contributed by atoms with Crippen LogP contribution in [0.1, 0.15) is 49.9 Å². The second-order valence-corrected chi connectivity index (χ2v) is 11.7. The van der Waals surface area contributed by atoms with E-state index in [-0.39, 0.29) is 10.8 Å². The topological polar surface area (TPSA) is 17.8 Å². The first-order valence-electron chi connectivity index (χ1n) is 13.2. The fraction of sp³-hybridized carbons (Fsp3) is 0.171. The largest absolute Gasteiger partial charge is 0.294 e. The molecule has 0 amide bonds. The van der Waals surface area contributed by atoms with E-state index in [4.69, 9.17) is 4.98 Å². The molecule has 178 valence electrons. The van der Waals surface area contributed by atoms with Gasteiger partial charge in [0, 0.05) is 27.8 Å². The van der Waals surface area contributed by atoms with E-state index >= 15 is 0 Å². The minimum absolute atomic E-state index is 0.00227. The van der Waals surface area contributed by atoms with E-state index in [1.165, 1.54) is 66.3 Å². The molecule has 2 aliphatic rings. The van der Waals surface area contributed by atoms with Crippen molar-refractivity contribution >= 4 is 21.8 Å². The van der Waals surface area contributed by atoms with Crippen molar-refractivity contribution in [3.8, 4) is 28.1 Å². The minimum Gasteiger partial charge on any atom is -0.294 e. The highest BCUT2D eigenvalue weighted by Gasteiger charge is 2.44. The lowest BCUT2D eigenvalue weighted by Crippen LogP contribution is -2.18. The molecular formula is C35H28N2. The molecule has 0 spiro atoms. The van der Waals surface area contributed by atoms with Crippen LogP contribution in [-0.4, -0.2) is 9.55 Å². The van der Waals surface area contributed by atoms with E-state index in [0.29, 0.717) is 0 Å². The van der Waals surface area contributed by atoms with Crippen molar-refractivity contribution in [2.75, 3.05) is 0 Å². The van der Waals surface area contributed by atoms with Crippen molar-refractivity contribution in [1.29, 1.82) is 0 Å². The molecule has 2 aliphatic carbocycles. The molecule has 8 rings (SSSR count). The summed E-state index contributed by atoms with van der Waals surface area (Å²) < 4.78 is 2.32. The van der Waals surface area contributed by atoms with Crippen LogP contribution in [0, 0.1) is 0 Å². The van der Waals surface area contributed by atoms with E-state index in [1.54, 1.807) is 0 Å². The van der Waals surface area contributed by atoms with Crippen LogP contribution in [0.25, 0.3) is 49.9 Å². The van der Waals surface area contributed by atoms with E-state index in [9.17, 15) is 0 Å². The first-order chi connectivity index (χ1) is 17.9. The average molecular weight is 477 g/mol. The van der Waals surface area contributed by atoms with Gasteiger partial charge in [0.15, 0.2) is 0 Å². The summed E-state index contributed by atoms with van der Waals surface area (Å²) in [5.74, 6) is 0.954. The van der Waals surface area contributed by atoms with E-state index < -0.39 is 0 Å². The second kappa shape index (κ2) is 6.77. The number of para-hydroxylation sites is 1. The monoisotopic (exact) mass is 476 g/mol. The first-order valence-corrected chi connectivity index (χ1v) is 13.2. The molecule has 2 nitrogen and oxygen atoms in total. The number of hydrogen-bond acceptors (Lipinski definition) is 1. The molecule has 0 N–H and O–H groups in total. The molecule has 2 aromatic heterocycles. The summed E-state index contributed by atoms with van der Waals surface area (Å²) in [5, 5.41) is 2.56. The summed E-state index contributed by atoms with van der Waals surface area (Å²) in [7, 11) is 0. The third kappa shape index (κ3) is 2.48. The summed E-state index contributed by atoms with van der Waals surface area (Å²) in [6.07, 6.45) is 1.88. The predicted octanol–water partition coefficient (Wildman–Crippen LogP) is 8.79. The Labute approximate surface area is 217 Å². The molecule has 0 atom stereocenters. The van der Waals surface area contributed by atoms with Crippen molar-refractivity contribution in [2.24, 2.45) is 0 Å².